The second-order valence-electron chi connectivity index (χ2n) is 6.22. The molecule has 3 rings (SSSR count). The van der Waals surface area contributed by atoms with Gasteiger partial charge in [0.15, 0.2) is 0 Å². The van der Waals surface area contributed by atoms with Crippen LogP contribution in [0.25, 0.3) is 11.0 Å². The van der Waals surface area contributed by atoms with Gasteiger partial charge in [0, 0.05) is 18.4 Å². The van der Waals surface area contributed by atoms with E-state index in [1.54, 1.807) is 6.07 Å². The monoisotopic (exact) mass is 309 g/mol. The van der Waals surface area contributed by atoms with Gasteiger partial charge < -0.3 is 5.73 Å². The third-order valence-electron chi connectivity index (χ3n) is 4.38. The van der Waals surface area contributed by atoms with Gasteiger partial charge in [-0.2, -0.15) is 13.2 Å². The Hall–Kier alpha value is -1.69. The first-order chi connectivity index (χ1) is 10.4. The SMILES string of the molecule is C[C@@H]1C[C@H](N)C[C@@H](c2ccc(C(F)(F)F)c3nccnc23)C1. The highest BCUT2D eigenvalue weighted by molar-refractivity contribution is 5.82. The van der Waals surface area contributed by atoms with Gasteiger partial charge in [0.05, 0.1) is 11.1 Å². The molecule has 3 nitrogen and oxygen atoms in total. The maximum absolute atomic E-state index is 13.1. The summed E-state index contributed by atoms with van der Waals surface area (Å²) in [6.07, 6.45) is 0.977. The molecular formula is C16H18F3N3. The van der Waals surface area contributed by atoms with Crippen molar-refractivity contribution in [3.05, 3.63) is 35.7 Å². The minimum absolute atomic E-state index is 0.0701. The first-order valence-corrected chi connectivity index (χ1v) is 7.42. The molecule has 0 aliphatic heterocycles. The molecule has 0 unspecified atom stereocenters. The molecule has 118 valence electrons. The molecule has 6 heteroatoms. The molecule has 2 aromatic rings. The number of nitrogens with zero attached hydrogens (tertiary/aromatic N) is 2. The third-order valence-corrected chi connectivity index (χ3v) is 4.38. The first-order valence-electron chi connectivity index (χ1n) is 7.42. The summed E-state index contributed by atoms with van der Waals surface area (Å²) in [4.78, 5) is 8.10. The zero-order valence-electron chi connectivity index (χ0n) is 12.3. The van der Waals surface area contributed by atoms with E-state index >= 15 is 0 Å². The molecule has 1 aromatic heterocycles. The summed E-state index contributed by atoms with van der Waals surface area (Å²) in [5.41, 5.74) is 6.46. The fraction of sp³-hybridized carbons (Fsp3) is 0.500. The molecule has 0 saturated heterocycles. The van der Waals surface area contributed by atoms with Crippen molar-refractivity contribution in [2.45, 2.75) is 44.3 Å². The molecule has 0 amide bonds. The van der Waals surface area contributed by atoms with Crippen LogP contribution in [0.15, 0.2) is 24.5 Å². The second-order valence-corrected chi connectivity index (χ2v) is 6.22. The Morgan fingerprint density at radius 2 is 1.73 bits per heavy atom. The van der Waals surface area contributed by atoms with E-state index in [1.807, 2.05) is 0 Å². The lowest BCUT2D eigenvalue weighted by Crippen LogP contribution is -2.31. The van der Waals surface area contributed by atoms with Crippen LogP contribution in [-0.4, -0.2) is 16.0 Å². The van der Waals surface area contributed by atoms with Crippen LogP contribution in [0.3, 0.4) is 0 Å². The Morgan fingerprint density at radius 1 is 1.05 bits per heavy atom. The number of rotatable bonds is 1. The summed E-state index contributed by atoms with van der Waals surface area (Å²) in [6, 6.07) is 2.76. The van der Waals surface area contributed by atoms with Gasteiger partial charge in [0.25, 0.3) is 0 Å². The Morgan fingerprint density at radius 3 is 2.36 bits per heavy atom. The van der Waals surface area contributed by atoms with Crippen LogP contribution < -0.4 is 5.73 Å². The Kier molecular flexibility index (Phi) is 3.80. The van der Waals surface area contributed by atoms with Gasteiger partial charge in [0.1, 0.15) is 5.52 Å². The van der Waals surface area contributed by atoms with Crippen molar-refractivity contribution in [1.82, 2.24) is 9.97 Å². The molecule has 0 bridgehead atoms. The van der Waals surface area contributed by atoms with E-state index in [1.165, 1.54) is 12.4 Å². The van der Waals surface area contributed by atoms with E-state index in [2.05, 4.69) is 16.9 Å². The minimum Gasteiger partial charge on any atom is -0.328 e. The summed E-state index contributed by atoms with van der Waals surface area (Å²) >= 11 is 0. The van der Waals surface area contributed by atoms with E-state index in [9.17, 15) is 13.2 Å². The maximum Gasteiger partial charge on any atom is 0.418 e. The molecule has 1 heterocycles. The average Bonchev–Trinajstić information content (AvgIpc) is 2.44. The Balaban J connectivity index is 2.12. The molecule has 1 aliphatic carbocycles. The van der Waals surface area contributed by atoms with Crippen LogP contribution in [0.5, 0.6) is 0 Å². The largest absolute Gasteiger partial charge is 0.418 e. The van der Waals surface area contributed by atoms with Crippen LogP contribution in [0.1, 0.15) is 43.2 Å². The molecule has 3 atom stereocenters. The smallest absolute Gasteiger partial charge is 0.328 e. The van der Waals surface area contributed by atoms with E-state index < -0.39 is 11.7 Å². The number of alkyl halides is 3. The molecule has 2 N–H and O–H groups in total. The van der Waals surface area contributed by atoms with Gasteiger partial charge >= 0.3 is 6.18 Å². The van der Waals surface area contributed by atoms with Crippen molar-refractivity contribution < 1.29 is 13.2 Å². The lowest BCUT2D eigenvalue weighted by molar-refractivity contribution is -0.136. The molecular weight excluding hydrogens is 291 g/mol. The predicted molar refractivity (Wildman–Crippen MR) is 78.3 cm³/mol. The van der Waals surface area contributed by atoms with E-state index in [0.717, 1.165) is 30.9 Å². The number of halogens is 3. The van der Waals surface area contributed by atoms with Crippen molar-refractivity contribution in [3.63, 3.8) is 0 Å². The normalized spacial score (nSPS) is 26.3. The number of hydrogen-bond acceptors (Lipinski definition) is 3. The number of fused-ring (bicyclic) bond motifs is 1. The first kappa shape index (κ1) is 15.2. The van der Waals surface area contributed by atoms with Crippen LogP contribution in [-0.2, 0) is 6.18 Å². The minimum atomic E-state index is -4.43. The molecule has 1 saturated carbocycles. The average molecular weight is 309 g/mol. The Bertz CT molecular complexity index is 674. The van der Waals surface area contributed by atoms with Gasteiger partial charge in [-0.25, -0.2) is 0 Å². The fourth-order valence-electron chi connectivity index (χ4n) is 3.55. The molecule has 1 aromatic carbocycles. The molecule has 0 radical (unpaired) electrons. The van der Waals surface area contributed by atoms with Crippen LogP contribution >= 0.6 is 0 Å². The highest BCUT2D eigenvalue weighted by Gasteiger charge is 2.35. The number of aromatic nitrogens is 2. The lowest BCUT2D eigenvalue weighted by Gasteiger charge is -2.32. The molecule has 0 spiro atoms. The summed E-state index contributed by atoms with van der Waals surface area (Å²) in [5.74, 6) is 0.600. The summed E-state index contributed by atoms with van der Waals surface area (Å²) in [7, 11) is 0. The zero-order chi connectivity index (χ0) is 15.9. The van der Waals surface area contributed by atoms with Crippen molar-refractivity contribution in [1.29, 1.82) is 0 Å². The topological polar surface area (TPSA) is 51.8 Å². The number of benzene rings is 1. The summed E-state index contributed by atoms with van der Waals surface area (Å²) < 4.78 is 39.4. The lowest BCUT2D eigenvalue weighted by atomic mass is 9.76. The van der Waals surface area contributed by atoms with E-state index in [0.29, 0.717) is 11.4 Å². The van der Waals surface area contributed by atoms with Gasteiger partial charge in [0.2, 0.25) is 0 Å². The highest BCUT2D eigenvalue weighted by atomic mass is 19.4. The van der Waals surface area contributed by atoms with Gasteiger partial charge in [-0.05, 0) is 42.7 Å². The third kappa shape index (κ3) is 2.79. The maximum atomic E-state index is 13.1. The number of nitrogens with two attached hydrogens (primary N) is 1. The van der Waals surface area contributed by atoms with Gasteiger partial charge in [-0.1, -0.05) is 13.0 Å². The second kappa shape index (κ2) is 5.50. The van der Waals surface area contributed by atoms with Crippen LogP contribution in [0.2, 0.25) is 0 Å². The summed E-state index contributed by atoms with van der Waals surface area (Å²) in [5, 5.41) is 0. The van der Waals surface area contributed by atoms with Crippen LogP contribution in [0.4, 0.5) is 13.2 Å². The quantitative estimate of drug-likeness (QED) is 0.869. The fourth-order valence-corrected chi connectivity index (χ4v) is 3.55. The molecule has 1 fully saturated rings. The summed E-state index contributed by atoms with van der Waals surface area (Å²) in [6.45, 7) is 2.13. The van der Waals surface area contributed by atoms with Gasteiger partial charge in [-0.15, -0.1) is 0 Å². The van der Waals surface area contributed by atoms with Crippen molar-refractivity contribution in [3.8, 4) is 0 Å². The Labute approximate surface area is 126 Å². The van der Waals surface area contributed by atoms with Crippen LogP contribution in [0, 0.1) is 5.92 Å². The molecule has 1 aliphatic rings. The number of hydrogen-bond donors (Lipinski definition) is 1. The highest BCUT2D eigenvalue weighted by Crippen LogP contribution is 2.40. The zero-order valence-corrected chi connectivity index (χ0v) is 12.3. The van der Waals surface area contributed by atoms with E-state index in [4.69, 9.17) is 5.73 Å². The van der Waals surface area contributed by atoms with Gasteiger partial charge in [-0.3, -0.25) is 9.97 Å². The standard InChI is InChI=1S/C16H18F3N3/c1-9-6-10(8-11(20)7-9)12-2-3-13(16(17,18)19)15-14(12)21-4-5-22-15/h2-5,9-11H,6-8,20H2,1H3/t9-,10-,11-/m0/s1. The van der Waals surface area contributed by atoms with Crippen molar-refractivity contribution >= 4 is 11.0 Å². The predicted octanol–water partition coefficient (Wildman–Crippen LogP) is 3.88. The van der Waals surface area contributed by atoms with E-state index in [-0.39, 0.29) is 17.5 Å². The van der Waals surface area contributed by atoms with Crippen molar-refractivity contribution in [2.75, 3.05) is 0 Å². The molecule has 22 heavy (non-hydrogen) atoms. The van der Waals surface area contributed by atoms with Crippen molar-refractivity contribution in [2.24, 2.45) is 11.7 Å².